The Bertz CT molecular complexity index is 1230. The first-order valence-corrected chi connectivity index (χ1v) is 11.5. The van der Waals surface area contributed by atoms with Crippen LogP contribution in [-0.4, -0.2) is 50.8 Å². The number of rotatable bonds is 0. The molecule has 2 atom stereocenters. The van der Waals surface area contributed by atoms with Crippen molar-refractivity contribution in [3.05, 3.63) is 47.3 Å². The number of nitrogens with one attached hydrogen (secondary N) is 1. The summed E-state index contributed by atoms with van der Waals surface area (Å²) in [7, 11) is 0. The predicted molar refractivity (Wildman–Crippen MR) is 123 cm³/mol. The molecule has 1 N–H and O–H groups in total. The van der Waals surface area contributed by atoms with E-state index in [1.54, 1.807) is 9.80 Å². The van der Waals surface area contributed by atoms with Gasteiger partial charge in [0.1, 0.15) is 23.4 Å². The van der Waals surface area contributed by atoms with Gasteiger partial charge in [0.05, 0.1) is 0 Å². The van der Waals surface area contributed by atoms with Gasteiger partial charge in [0.15, 0.2) is 0 Å². The minimum atomic E-state index is -0.497. The highest BCUT2D eigenvalue weighted by molar-refractivity contribution is 5.99. The number of ether oxygens (including phenoxy) is 1. The van der Waals surface area contributed by atoms with E-state index in [9.17, 15) is 9.59 Å². The van der Waals surface area contributed by atoms with E-state index >= 15 is 0 Å². The molecule has 0 saturated carbocycles. The van der Waals surface area contributed by atoms with Gasteiger partial charge in [0, 0.05) is 52.8 Å². The number of carbonyl (C=O) groups is 2. The van der Waals surface area contributed by atoms with Crippen molar-refractivity contribution in [2.45, 2.75) is 70.1 Å². The van der Waals surface area contributed by atoms with E-state index in [-0.39, 0.29) is 28.9 Å². The average molecular weight is 432 g/mol. The average Bonchev–Trinajstić information content (AvgIpc) is 3.34. The van der Waals surface area contributed by atoms with Crippen molar-refractivity contribution >= 4 is 28.8 Å². The fraction of sp³-hybridized carbons (Fsp3) is 0.462. The van der Waals surface area contributed by atoms with E-state index < -0.39 is 6.04 Å². The molecule has 32 heavy (non-hydrogen) atoms. The summed E-state index contributed by atoms with van der Waals surface area (Å²) in [5, 5.41) is 1.10. The molecule has 5 heterocycles. The SMILES string of the molecule is CC1(C)C=Cc2cc3c4c([nH]c3cc2O1)C(C)(C)C=CN1C(=O)C2CCCN2C(=O)C1C4. The van der Waals surface area contributed by atoms with Gasteiger partial charge in [-0.3, -0.25) is 9.59 Å². The van der Waals surface area contributed by atoms with E-state index in [0.717, 1.165) is 46.3 Å². The minimum Gasteiger partial charge on any atom is -0.483 e. The van der Waals surface area contributed by atoms with Gasteiger partial charge in [0.25, 0.3) is 0 Å². The molecule has 166 valence electrons. The van der Waals surface area contributed by atoms with Crippen molar-refractivity contribution in [2.24, 2.45) is 0 Å². The quantitative estimate of drug-likeness (QED) is 0.688. The smallest absolute Gasteiger partial charge is 0.250 e. The van der Waals surface area contributed by atoms with Crippen molar-refractivity contribution in [2.75, 3.05) is 6.54 Å². The van der Waals surface area contributed by atoms with E-state index in [2.05, 4.69) is 49.2 Å². The molecule has 1 aromatic carbocycles. The highest BCUT2D eigenvalue weighted by Crippen LogP contribution is 2.41. The number of allylic oxidation sites excluding steroid dienone is 1. The lowest BCUT2D eigenvalue weighted by Crippen LogP contribution is -2.62. The largest absolute Gasteiger partial charge is 0.483 e. The van der Waals surface area contributed by atoms with Crippen LogP contribution in [-0.2, 0) is 21.4 Å². The highest BCUT2D eigenvalue weighted by Gasteiger charge is 2.48. The molecule has 1 aromatic heterocycles. The lowest BCUT2D eigenvalue weighted by atomic mass is 9.82. The van der Waals surface area contributed by atoms with E-state index in [4.69, 9.17) is 4.74 Å². The Morgan fingerprint density at radius 2 is 1.88 bits per heavy atom. The molecular formula is C26H29N3O3. The summed E-state index contributed by atoms with van der Waals surface area (Å²) in [4.78, 5) is 33.9. The van der Waals surface area contributed by atoms with Crippen LogP contribution in [0.5, 0.6) is 5.75 Å². The molecule has 2 aromatic rings. The third-order valence-corrected chi connectivity index (χ3v) is 7.46. The monoisotopic (exact) mass is 431 g/mol. The number of hydrogen-bond donors (Lipinski definition) is 1. The molecule has 6 nitrogen and oxygen atoms in total. The normalized spacial score (nSPS) is 27.4. The summed E-state index contributed by atoms with van der Waals surface area (Å²) >= 11 is 0. The van der Waals surface area contributed by atoms with Crippen molar-refractivity contribution in [1.82, 2.24) is 14.8 Å². The number of aromatic amines is 1. The van der Waals surface area contributed by atoms with E-state index in [0.29, 0.717) is 13.0 Å². The second-order valence-electron chi connectivity index (χ2n) is 10.6. The van der Waals surface area contributed by atoms with Crippen molar-refractivity contribution in [3.8, 4) is 5.75 Å². The molecule has 6 heteroatoms. The first-order valence-electron chi connectivity index (χ1n) is 11.5. The van der Waals surface area contributed by atoms with Gasteiger partial charge in [-0.25, -0.2) is 0 Å². The standard InChI is InChI=1S/C26H29N3O3/c1-25(2)9-11-29-20(24(31)28-10-5-6-19(28)23(29)30)13-17-16-12-15-7-8-26(3,4)32-21(15)14-18(16)27-22(17)25/h7-9,11-12,14,19-20,27H,5-6,10,13H2,1-4H3. The maximum atomic E-state index is 13.4. The zero-order chi connectivity index (χ0) is 22.4. The number of nitrogens with zero attached hydrogens (tertiary/aromatic N) is 2. The summed E-state index contributed by atoms with van der Waals surface area (Å²) < 4.78 is 6.19. The molecule has 0 radical (unpaired) electrons. The molecule has 4 aliphatic heterocycles. The van der Waals surface area contributed by atoms with Crippen LogP contribution in [0.4, 0.5) is 0 Å². The van der Waals surface area contributed by atoms with Crippen LogP contribution in [0.1, 0.15) is 57.4 Å². The third kappa shape index (κ3) is 2.71. The van der Waals surface area contributed by atoms with Crippen LogP contribution in [0.25, 0.3) is 17.0 Å². The Hall–Kier alpha value is -3.02. The number of H-pyrrole nitrogens is 1. The van der Waals surface area contributed by atoms with Crippen molar-refractivity contribution in [3.63, 3.8) is 0 Å². The van der Waals surface area contributed by atoms with Gasteiger partial charge >= 0.3 is 0 Å². The Balaban J connectivity index is 1.52. The van der Waals surface area contributed by atoms with Crippen molar-refractivity contribution in [1.29, 1.82) is 0 Å². The zero-order valence-corrected chi connectivity index (χ0v) is 19.1. The van der Waals surface area contributed by atoms with Gasteiger partial charge < -0.3 is 19.5 Å². The summed E-state index contributed by atoms with van der Waals surface area (Å²) in [6.07, 6.45) is 10.3. The molecule has 6 rings (SSSR count). The summed E-state index contributed by atoms with van der Waals surface area (Å²) in [6, 6.07) is 3.43. The molecule has 0 bridgehead atoms. The molecular weight excluding hydrogens is 402 g/mol. The Morgan fingerprint density at radius 3 is 2.69 bits per heavy atom. The third-order valence-electron chi connectivity index (χ3n) is 7.46. The minimum absolute atomic E-state index is 0.0541. The number of aromatic nitrogens is 1. The molecule has 0 aliphatic carbocycles. The van der Waals surface area contributed by atoms with Crippen LogP contribution in [0.15, 0.2) is 30.5 Å². The molecule has 0 spiro atoms. The second-order valence-corrected chi connectivity index (χ2v) is 10.6. The fourth-order valence-electron chi connectivity index (χ4n) is 5.71. The van der Waals surface area contributed by atoms with Crippen LogP contribution in [0, 0.1) is 0 Å². The van der Waals surface area contributed by atoms with Crippen LogP contribution < -0.4 is 4.74 Å². The van der Waals surface area contributed by atoms with E-state index in [1.807, 2.05) is 20.0 Å². The maximum absolute atomic E-state index is 13.4. The first kappa shape index (κ1) is 19.6. The number of hydrogen-bond acceptors (Lipinski definition) is 3. The molecule has 2 saturated heterocycles. The fourth-order valence-corrected chi connectivity index (χ4v) is 5.71. The Morgan fingerprint density at radius 1 is 1.06 bits per heavy atom. The van der Waals surface area contributed by atoms with Gasteiger partial charge in [0.2, 0.25) is 11.8 Å². The molecule has 2 fully saturated rings. The summed E-state index contributed by atoms with van der Waals surface area (Å²) in [6.45, 7) is 9.07. The van der Waals surface area contributed by atoms with Gasteiger partial charge in [-0.15, -0.1) is 0 Å². The van der Waals surface area contributed by atoms with Crippen LogP contribution in [0.2, 0.25) is 0 Å². The number of benzene rings is 1. The number of piperazine rings is 1. The van der Waals surface area contributed by atoms with Gasteiger partial charge in [-0.2, -0.15) is 0 Å². The molecule has 2 unspecified atom stereocenters. The number of carbonyl (C=O) groups excluding carboxylic acids is 2. The maximum Gasteiger partial charge on any atom is 0.250 e. The molecule has 2 amide bonds. The lowest BCUT2D eigenvalue weighted by molar-refractivity contribution is -0.156. The lowest BCUT2D eigenvalue weighted by Gasteiger charge is -2.42. The number of amides is 2. The molecule has 4 aliphatic rings. The van der Waals surface area contributed by atoms with Crippen molar-refractivity contribution < 1.29 is 14.3 Å². The predicted octanol–water partition coefficient (Wildman–Crippen LogP) is 3.90. The summed E-state index contributed by atoms with van der Waals surface area (Å²) in [5.41, 5.74) is 3.60. The highest BCUT2D eigenvalue weighted by atomic mass is 16.5. The van der Waals surface area contributed by atoms with Gasteiger partial charge in [-0.05, 0) is 44.4 Å². The Kier molecular flexibility index (Phi) is 3.85. The zero-order valence-electron chi connectivity index (χ0n) is 19.1. The second kappa shape index (κ2) is 6.27. The van der Waals surface area contributed by atoms with Gasteiger partial charge in [-0.1, -0.05) is 26.0 Å². The Labute approximate surface area is 187 Å². The first-order chi connectivity index (χ1) is 15.1. The van der Waals surface area contributed by atoms with Crippen LogP contribution in [0.3, 0.4) is 0 Å². The van der Waals surface area contributed by atoms with Crippen LogP contribution >= 0.6 is 0 Å². The summed E-state index contributed by atoms with van der Waals surface area (Å²) in [5.74, 6) is 0.983. The van der Waals surface area contributed by atoms with E-state index in [1.165, 1.54) is 0 Å². The number of fused-ring (bicyclic) bond motifs is 6. The topological polar surface area (TPSA) is 65.6 Å².